The average Bonchev–Trinajstić information content (AvgIpc) is 2.79. The molecule has 0 heterocycles. The number of anilines is 3. The number of carbonyl (C=O) groups is 3. The number of benzene rings is 2. The monoisotopic (exact) mass is 438 g/mol. The summed E-state index contributed by atoms with van der Waals surface area (Å²) >= 11 is 0. The normalized spacial score (nSPS) is 10.4. The Kier molecular flexibility index (Phi) is 9.73. The predicted octanol–water partition coefficient (Wildman–Crippen LogP) is 4.66. The maximum Gasteiger partial charge on any atom is 0.253 e. The van der Waals surface area contributed by atoms with Crippen LogP contribution < -0.4 is 16.0 Å². The second-order valence-corrected chi connectivity index (χ2v) is 7.65. The number of carbonyl (C=O) groups excluding carboxylic acids is 3. The van der Waals surface area contributed by atoms with Crippen LogP contribution in [0.25, 0.3) is 0 Å². The van der Waals surface area contributed by atoms with Gasteiger partial charge in [0.2, 0.25) is 11.8 Å². The summed E-state index contributed by atoms with van der Waals surface area (Å²) in [5.41, 5.74) is 3.43. The van der Waals surface area contributed by atoms with Crippen LogP contribution in [-0.4, -0.2) is 42.3 Å². The highest BCUT2D eigenvalue weighted by Gasteiger charge is 2.15. The largest absolute Gasteiger partial charge is 0.376 e. The van der Waals surface area contributed by atoms with E-state index in [2.05, 4.69) is 29.8 Å². The van der Waals surface area contributed by atoms with E-state index >= 15 is 0 Å². The zero-order chi connectivity index (χ0) is 23.5. The first-order valence-corrected chi connectivity index (χ1v) is 11.2. The molecule has 172 valence electrons. The van der Waals surface area contributed by atoms with Gasteiger partial charge in [-0.2, -0.15) is 0 Å². The minimum absolute atomic E-state index is 0.00312. The highest BCUT2D eigenvalue weighted by molar-refractivity contribution is 5.98. The van der Waals surface area contributed by atoms with E-state index < -0.39 is 0 Å². The Bertz CT molecular complexity index is 937. The van der Waals surface area contributed by atoms with Crippen LogP contribution in [0.3, 0.4) is 0 Å². The standard InChI is InChI=1S/C25H34N4O3/c1-5-14-29(15-6-2)25(32)19-10-8-11-20(16-19)26-17-24(31)28-22-13-9-12-21(18(22)4)27-23(30)7-3/h8-13,16,26H,5-7,14-15,17H2,1-4H3,(H,27,30)(H,28,31). The molecule has 0 aliphatic rings. The summed E-state index contributed by atoms with van der Waals surface area (Å²) in [5, 5.41) is 8.79. The lowest BCUT2D eigenvalue weighted by molar-refractivity contribution is -0.116. The minimum Gasteiger partial charge on any atom is -0.376 e. The zero-order valence-electron chi connectivity index (χ0n) is 19.5. The quantitative estimate of drug-likeness (QED) is 0.476. The molecule has 0 atom stereocenters. The van der Waals surface area contributed by atoms with Gasteiger partial charge < -0.3 is 20.9 Å². The fraction of sp³-hybridized carbons (Fsp3) is 0.400. The van der Waals surface area contributed by atoms with E-state index in [0.29, 0.717) is 29.0 Å². The zero-order valence-corrected chi connectivity index (χ0v) is 19.5. The van der Waals surface area contributed by atoms with Crippen molar-refractivity contribution in [2.45, 2.75) is 47.0 Å². The highest BCUT2D eigenvalue weighted by Crippen LogP contribution is 2.23. The van der Waals surface area contributed by atoms with Gasteiger partial charge in [-0.3, -0.25) is 14.4 Å². The third-order valence-corrected chi connectivity index (χ3v) is 5.04. The van der Waals surface area contributed by atoms with Crippen molar-refractivity contribution in [3.63, 3.8) is 0 Å². The molecule has 0 bridgehead atoms. The van der Waals surface area contributed by atoms with Crippen LogP contribution in [0.1, 0.15) is 56.0 Å². The molecule has 32 heavy (non-hydrogen) atoms. The van der Waals surface area contributed by atoms with Gasteiger partial charge in [0.15, 0.2) is 0 Å². The van der Waals surface area contributed by atoms with Crippen LogP contribution in [0.2, 0.25) is 0 Å². The third kappa shape index (κ3) is 7.11. The molecular formula is C25H34N4O3. The van der Waals surface area contributed by atoms with Crippen LogP contribution >= 0.6 is 0 Å². The number of amides is 3. The summed E-state index contributed by atoms with van der Waals surface area (Å²) in [5.74, 6) is -0.296. The molecule has 7 heteroatoms. The van der Waals surface area contributed by atoms with Crippen LogP contribution in [-0.2, 0) is 9.59 Å². The molecule has 2 aromatic rings. The minimum atomic E-state index is -0.220. The topological polar surface area (TPSA) is 90.5 Å². The van der Waals surface area contributed by atoms with Gasteiger partial charge in [0.05, 0.1) is 6.54 Å². The van der Waals surface area contributed by atoms with Crippen molar-refractivity contribution < 1.29 is 14.4 Å². The lowest BCUT2D eigenvalue weighted by Crippen LogP contribution is -2.32. The van der Waals surface area contributed by atoms with Gasteiger partial charge in [-0.25, -0.2) is 0 Å². The molecule has 2 aromatic carbocycles. The molecule has 0 saturated heterocycles. The van der Waals surface area contributed by atoms with Gasteiger partial charge in [-0.1, -0.05) is 32.9 Å². The van der Waals surface area contributed by atoms with E-state index in [4.69, 9.17) is 0 Å². The van der Waals surface area contributed by atoms with Crippen LogP contribution in [0.5, 0.6) is 0 Å². The first kappa shape index (κ1) is 24.9. The van der Waals surface area contributed by atoms with Crippen molar-refractivity contribution in [2.75, 3.05) is 35.6 Å². The van der Waals surface area contributed by atoms with Crippen LogP contribution in [0.15, 0.2) is 42.5 Å². The number of nitrogens with zero attached hydrogens (tertiary/aromatic N) is 1. The molecule has 0 aliphatic heterocycles. The molecule has 0 radical (unpaired) electrons. The lowest BCUT2D eigenvalue weighted by atomic mass is 10.1. The second kappa shape index (κ2) is 12.5. The molecule has 0 unspecified atom stereocenters. The first-order chi connectivity index (χ1) is 15.4. The number of hydrogen-bond acceptors (Lipinski definition) is 4. The second-order valence-electron chi connectivity index (χ2n) is 7.65. The fourth-order valence-electron chi connectivity index (χ4n) is 3.32. The Balaban J connectivity index is 2.00. The average molecular weight is 439 g/mol. The molecule has 3 amide bonds. The molecular weight excluding hydrogens is 404 g/mol. The van der Waals surface area contributed by atoms with Gasteiger partial charge in [0.25, 0.3) is 5.91 Å². The summed E-state index contributed by atoms with van der Waals surface area (Å²) in [6.07, 6.45) is 2.20. The summed E-state index contributed by atoms with van der Waals surface area (Å²) < 4.78 is 0. The Labute approximate surface area is 190 Å². The van der Waals surface area contributed by atoms with Gasteiger partial charge in [-0.05, 0) is 55.7 Å². The Hall–Kier alpha value is -3.35. The van der Waals surface area contributed by atoms with Gasteiger partial charge in [0, 0.05) is 42.1 Å². The molecule has 0 spiro atoms. The van der Waals surface area contributed by atoms with Crippen LogP contribution in [0.4, 0.5) is 17.1 Å². The van der Waals surface area contributed by atoms with Gasteiger partial charge in [-0.15, -0.1) is 0 Å². The molecule has 3 N–H and O–H groups in total. The van der Waals surface area contributed by atoms with Crippen molar-refractivity contribution >= 4 is 34.8 Å². The van der Waals surface area contributed by atoms with E-state index in [9.17, 15) is 14.4 Å². The first-order valence-electron chi connectivity index (χ1n) is 11.2. The van der Waals surface area contributed by atoms with Crippen molar-refractivity contribution in [3.05, 3.63) is 53.6 Å². The Morgan fingerprint density at radius 3 is 2.03 bits per heavy atom. The van der Waals surface area contributed by atoms with Crippen molar-refractivity contribution in [1.29, 1.82) is 0 Å². The fourth-order valence-corrected chi connectivity index (χ4v) is 3.32. The van der Waals surface area contributed by atoms with Gasteiger partial charge >= 0.3 is 0 Å². The summed E-state index contributed by atoms with van der Waals surface area (Å²) in [6, 6.07) is 12.6. The predicted molar refractivity (Wildman–Crippen MR) is 130 cm³/mol. The Morgan fingerprint density at radius 2 is 1.44 bits per heavy atom. The van der Waals surface area contributed by atoms with Crippen molar-refractivity contribution in [2.24, 2.45) is 0 Å². The lowest BCUT2D eigenvalue weighted by Gasteiger charge is -2.21. The third-order valence-electron chi connectivity index (χ3n) is 5.04. The number of hydrogen-bond donors (Lipinski definition) is 3. The molecule has 0 aliphatic carbocycles. The summed E-state index contributed by atoms with van der Waals surface area (Å²) in [6.45, 7) is 9.25. The van der Waals surface area contributed by atoms with Crippen molar-refractivity contribution in [3.8, 4) is 0 Å². The number of rotatable bonds is 11. The van der Waals surface area contributed by atoms with E-state index in [1.165, 1.54) is 0 Å². The van der Waals surface area contributed by atoms with E-state index in [1.54, 1.807) is 37.3 Å². The molecule has 0 aromatic heterocycles. The summed E-state index contributed by atoms with van der Waals surface area (Å²) in [4.78, 5) is 38.8. The number of nitrogens with one attached hydrogen (secondary N) is 3. The maximum absolute atomic E-state index is 12.8. The molecule has 0 saturated carbocycles. The molecule has 2 rings (SSSR count). The van der Waals surface area contributed by atoms with E-state index in [-0.39, 0.29) is 24.3 Å². The highest BCUT2D eigenvalue weighted by atomic mass is 16.2. The smallest absolute Gasteiger partial charge is 0.253 e. The Morgan fingerprint density at radius 1 is 0.844 bits per heavy atom. The van der Waals surface area contributed by atoms with E-state index in [0.717, 1.165) is 31.5 Å². The molecule has 0 fully saturated rings. The SMILES string of the molecule is CCCN(CCC)C(=O)c1cccc(NCC(=O)Nc2cccc(NC(=O)CC)c2C)c1. The van der Waals surface area contributed by atoms with Crippen LogP contribution in [0, 0.1) is 6.92 Å². The molecule has 7 nitrogen and oxygen atoms in total. The van der Waals surface area contributed by atoms with Crippen molar-refractivity contribution in [1.82, 2.24) is 4.90 Å². The van der Waals surface area contributed by atoms with E-state index in [1.807, 2.05) is 24.0 Å². The maximum atomic E-state index is 12.8. The van der Waals surface area contributed by atoms with Gasteiger partial charge in [0.1, 0.15) is 0 Å². The summed E-state index contributed by atoms with van der Waals surface area (Å²) in [7, 11) is 0.